The van der Waals surface area contributed by atoms with E-state index in [0.29, 0.717) is 30.4 Å². The summed E-state index contributed by atoms with van der Waals surface area (Å²) in [4.78, 5) is 33.6. The maximum Gasteiger partial charge on any atom is 0.253 e. The monoisotopic (exact) mass is 386 g/mol. The number of nitrogens with zero attached hydrogens (tertiary/aromatic N) is 3. The molecule has 7 nitrogen and oxygen atoms in total. The number of amides is 2. The number of hydrogen-bond acceptors (Lipinski definition) is 5. The fourth-order valence-corrected chi connectivity index (χ4v) is 4.46. The van der Waals surface area contributed by atoms with E-state index < -0.39 is 0 Å². The first-order valence-electron chi connectivity index (χ1n) is 10.5. The van der Waals surface area contributed by atoms with Crippen molar-refractivity contribution in [2.75, 3.05) is 32.8 Å². The molecule has 1 aromatic heterocycles. The molecule has 2 amide bonds. The van der Waals surface area contributed by atoms with Crippen LogP contribution in [-0.4, -0.2) is 77.6 Å². The maximum atomic E-state index is 12.4. The van der Waals surface area contributed by atoms with Gasteiger partial charge >= 0.3 is 0 Å². The second kappa shape index (κ2) is 8.57. The summed E-state index contributed by atoms with van der Waals surface area (Å²) in [5.74, 6) is -0.0702. The van der Waals surface area contributed by atoms with Gasteiger partial charge in [-0.05, 0) is 44.7 Å². The molecule has 152 valence electrons. The van der Waals surface area contributed by atoms with Gasteiger partial charge in [0.15, 0.2) is 0 Å². The summed E-state index contributed by atoms with van der Waals surface area (Å²) in [6.07, 6.45) is 7.61. The van der Waals surface area contributed by atoms with Crippen molar-refractivity contribution in [1.82, 2.24) is 20.1 Å². The van der Waals surface area contributed by atoms with E-state index in [9.17, 15) is 9.59 Å². The van der Waals surface area contributed by atoms with Crippen LogP contribution >= 0.6 is 0 Å². The Balaban J connectivity index is 1.28. The predicted octanol–water partition coefficient (Wildman–Crippen LogP) is 1.36. The molecule has 0 bridgehead atoms. The Morgan fingerprint density at radius 3 is 2.71 bits per heavy atom. The van der Waals surface area contributed by atoms with Crippen LogP contribution in [0, 0.1) is 6.92 Å². The van der Waals surface area contributed by atoms with Crippen molar-refractivity contribution < 1.29 is 14.3 Å². The molecule has 3 fully saturated rings. The van der Waals surface area contributed by atoms with Crippen LogP contribution in [0.4, 0.5) is 0 Å². The Hall–Kier alpha value is -1.99. The zero-order chi connectivity index (χ0) is 19.5. The fourth-order valence-electron chi connectivity index (χ4n) is 4.46. The van der Waals surface area contributed by atoms with E-state index >= 15 is 0 Å². The molecule has 0 spiro atoms. The number of piperidine rings is 1. The minimum absolute atomic E-state index is 0.0766. The standard InChI is InChI=1S/C21H30N4O3/c1-15-19(6-3-9-22-15)21(27)23-12-18-13-25(20(26)14-28-18)17-7-10-24(11-8-17)16-4-2-5-16/h3,6,9,16-18H,2,4-5,7-8,10-14H2,1H3,(H,23,27). The summed E-state index contributed by atoms with van der Waals surface area (Å²) in [5, 5.41) is 2.93. The number of hydrogen-bond donors (Lipinski definition) is 1. The summed E-state index contributed by atoms with van der Waals surface area (Å²) in [6, 6.07) is 4.60. The Morgan fingerprint density at radius 2 is 2.04 bits per heavy atom. The third-order valence-corrected chi connectivity index (χ3v) is 6.44. The SMILES string of the molecule is Cc1ncccc1C(=O)NCC1CN(C2CCN(C3CCC3)CC2)C(=O)CO1. The van der Waals surface area contributed by atoms with Gasteiger partial charge in [-0.25, -0.2) is 0 Å². The molecule has 1 atom stereocenters. The average molecular weight is 386 g/mol. The van der Waals surface area contributed by atoms with Crippen LogP contribution in [0.1, 0.15) is 48.2 Å². The Kier molecular flexibility index (Phi) is 5.92. The number of carbonyl (C=O) groups is 2. The van der Waals surface area contributed by atoms with E-state index in [1.807, 2.05) is 11.8 Å². The molecule has 1 unspecified atom stereocenters. The van der Waals surface area contributed by atoms with Gasteiger partial charge in [0, 0.05) is 50.2 Å². The van der Waals surface area contributed by atoms with Crippen LogP contribution in [0.15, 0.2) is 18.3 Å². The molecule has 2 aliphatic heterocycles. The molecule has 1 aliphatic carbocycles. The first-order valence-corrected chi connectivity index (χ1v) is 10.5. The highest BCUT2D eigenvalue weighted by Gasteiger charge is 2.35. The lowest BCUT2D eigenvalue weighted by molar-refractivity contribution is -0.153. The van der Waals surface area contributed by atoms with Gasteiger partial charge in [-0.2, -0.15) is 0 Å². The first kappa shape index (κ1) is 19.3. The molecule has 1 aromatic rings. The molecule has 0 aromatic carbocycles. The van der Waals surface area contributed by atoms with Gasteiger partial charge in [0.05, 0.1) is 11.7 Å². The zero-order valence-corrected chi connectivity index (χ0v) is 16.6. The van der Waals surface area contributed by atoms with Crippen molar-refractivity contribution in [2.24, 2.45) is 0 Å². The van der Waals surface area contributed by atoms with Gasteiger partial charge in [0.2, 0.25) is 5.91 Å². The Bertz CT molecular complexity index is 713. The predicted molar refractivity (Wildman–Crippen MR) is 105 cm³/mol. The average Bonchev–Trinajstić information content (AvgIpc) is 2.67. The number of carbonyl (C=O) groups excluding carboxylic acids is 2. The topological polar surface area (TPSA) is 74.8 Å². The van der Waals surface area contributed by atoms with Crippen LogP contribution in [0.2, 0.25) is 0 Å². The molecule has 1 N–H and O–H groups in total. The number of aryl methyl sites for hydroxylation is 1. The second-order valence-electron chi connectivity index (χ2n) is 8.18. The van der Waals surface area contributed by atoms with Crippen LogP contribution in [0.5, 0.6) is 0 Å². The third-order valence-electron chi connectivity index (χ3n) is 6.44. The molecular formula is C21H30N4O3. The molecule has 28 heavy (non-hydrogen) atoms. The molecule has 1 saturated carbocycles. The quantitative estimate of drug-likeness (QED) is 0.827. The molecule has 0 radical (unpaired) electrons. The Labute approximate surface area is 166 Å². The molecular weight excluding hydrogens is 356 g/mol. The number of morpholine rings is 1. The van der Waals surface area contributed by atoms with Crippen LogP contribution in [0.25, 0.3) is 0 Å². The number of ether oxygens (including phenoxy) is 1. The highest BCUT2D eigenvalue weighted by molar-refractivity contribution is 5.95. The number of aromatic nitrogens is 1. The summed E-state index contributed by atoms with van der Waals surface area (Å²) in [6.45, 7) is 5.05. The summed E-state index contributed by atoms with van der Waals surface area (Å²) in [7, 11) is 0. The van der Waals surface area contributed by atoms with Gasteiger partial charge in [-0.15, -0.1) is 0 Å². The summed E-state index contributed by atoms with van der Waals surface area (Å²) >= 11 is 0. The number of rotatable bonds is 5. The maximum absolute atomic E-state index is 12.4. The number of pyridine rings is 1. The molecule has 7 heteroatoms. The largest absolute Gasteiger partial charge is 0.365 e. The van der Waals surface area contributed by atoms with Gasteiger partial charge in [0.25, 0.3) is 5.91 Å². The van der Waals surface area contributed by atoms with Crippen LogP contribution in [-0.2, 0) is 9.53 Å². The van der Waals surface area contributed by atoms with E-state index in [1.165, 1.54) is 19.3 Å². The van der Waals surface area contributed by atoms with E-state index in [0.717, 1.165) is 32.0 Å². The van der Waals surface area contributed by atoms with Crippen molar-refractivity contribution in [3.8, 4) is 0 Å². The third kappa shape index (κ3) is 4.20. The number of likely N-dealkylation sites (tertiary alicyclic amines) is 1. The van der Waals surface area contributed by atoms with E-state index in [4.69, 9.17) is 4.74 Å². The number of nitrogens with one attached hydrogen (secondary N) is 1. The minimum Gasteiger partial charge on any atom is -0.365 e. The second-order valence-corrected chi connectivity index (χ2v) is 8.18. The van der Waals surface area contributed by atoms with Crippen molar-refractivity contribution in [3.05, 3.63) is 29.6 Å². The van der Waals surface area contributed by atoms with E-state index in [1.54, 1.807) is 18.3 Å². The minimum atomic E-state index is -0.164. The van der Waals surface area contributed by atoms with Crippen molar-refractivity contribution >= 4 is 11.8 Å². The van der Waals surface area contributed by atoms with Crippen LogP contribution < -0.4 is 5.32 Å². The lowest BCUT2D eigenvalue weighted by atomic mass is 9.89. The van der Waals surface area contributed by atoms with Crippen LogP contribution in [0.3, 0.4) is 0 Å². The zero-order valence-electron chi connectivity index (χ0n) is 16.6. The van der Waals surface area contributed by atoms with Gasteiger partial charge in [-0.3, -0.25) is 14.6 Å². The summed E-state index contributed by atoms with van der Waals surface area (Å²) < 4.78 is 5.68. The molecule has 4 rings (SSSR count). The smallest absolute Gasteiger partial charge is 0.253 e. The Morgan fingerprint density at radius 1 is 1.25 bits per heavy atom. The van der Waals surface area contributed by atoms with Gasteiger partial charge < -0.3 is 19.9 Å². The van der Waals surface area contributed by atoms with E-state index in [2.05, 4.69) is 15.2 Å². The lowest BCUT2D eigenvalue weighted by Crippen LogP contribution is -2.57. The highest BCUT2D eigenvalue weighted by atomic mass is 16.5. The fraction of sp³-hybridized carbons (Fsp3) is 0.667. The summed E-state index contributed by atoms with van der Waals surface area (Å²) in [5.41, 5.74) is 1.29. The van der Waals surface area contributed by atoms with E-state index in [-0.39, 0.29) is 24.5 Å². The molecule has 3 aliphatic rings. The lowest BCUT2D eigenvalue weighted by Gasteiger charge is -2.45. The first-order chi connectivity index (χ1) is 13.6. The van der Waals surface area contributed by atoms with Crippen molar-refractivity contribution in [3.63, 3.8) is 0 Å². The highest BCUT2D eigenvalue weighted by Crippen LogP contribution is 2.29. The van der Waals surface area contributed by atoms with Gasteiger partial charge in [-0.1, -0.05) is 6.42 Å². The van der Waals surface area contributed by atoms with Crippen molar-refractivity contribution in [1.29, 1.82) is 0 Å². The molecule has 3 heterocycles. The van der Waals surface area contributed by atoms with Gasteiger partial charge in [0.1, 0.15) is 6.61 Å². The van der Waals surface area contributed by atoms with Crippen molar-refractivity contribution in [2.45, 2.75) is 57.2 Å². The molecule has 2 saturated heterocycles. The normalized spacial score (nSPS) is 24.8.